The lowest BCUT2D eigenvalue weighted by Crippen LogP contribution is -2.14. The number of nitrogens with zero attached hydrogens (tertiary/aromatic N) is 1. The molecule has 0 spiro atoms. The van der Waals surface area contributed by atoms with Gasteiger partial charge in [0.1, 0.15) is 10.7 Å². The van der Waals surface area contributed by atoms with E-state index in [0.717, 1.165) is 23.5 Å². The minimum atomic E-state index is -3.96. The SMILES string of the molecule is Nc1ccc(S(=O)(=O)Nc2nccs2)c(F)c1. The molecule has 1 aromatic carbocycles. The van der Waals surface area contributed by atoms with Crippen molar-refractivity contribution in [2.75, 3.05) is 10.5 Å². The van der Waals surface area contributed by atoms with Crippen LogP contribution in [0, 0.1) is 5.82 Å². The molecule has 3 N–H and O–H groups in total. The first-order chi connectivity index (χ1) is 7.99. The molecule has 0 amide bonds. The van der Waals surface area contributed by atoms with Crippen molar-refractivity contribution in [3.63, 3.8) is 0 Å². The second-order valence-corrected chi connectivity index (χ2v) is 5.68. The first-order valence-electron chi connectivity index (χ1n) is 4.46. The lowest BCUT2D eigenvalue weighted by atomic mass is 10.3. The highest BCUT2D eigenvalue weighted by Crippen LogP contribution is 2.21. The molecule has 0 bridgehead atoms. The summed E-state index contributed by atoms with van der Waals surface area (Å²) in [5.74, 6) is -0.894. The first kappa shape index (κ1) is 11.8. The predicted molar refractivity (Wildman–Crippen MR) is 63.7 cm³/mol. The zero-order valence-electron chi connectivity index (χ0n) is 8.42. The van der Waals surface area contributed by atoms with Gasteiger partial charge in [0.05, 0.1) is 0 Å². The number of nitrogen functional groups attached to an aromatic ring is 1. The third kappa shape index (κ3) is 2.53. The standard InChI is InChI=1S/C9H8FN3O2S2/c10-7-5-6(11)1-2-8(7)17(14,15)13-9-12-3-4-16-9/h1-5H,11H2,(H,12,13). The molecule has 1 aromatic heterocycles. The van der Waals surface area contributed by atoms with Crippen LogP contribution in [0.2, 0.25) is 0 Å². The third-order valence-electron chi connectivity index (χ3n) is 1.90. The fourth-order valence-corrected chi connectivity index (χ4v) is 3.03. The number of benzene rings is 1. The van der Waals surface area contributed by atoms with Crippen molar-refractivity contribution >= 4 is 32.2 Å². The molecule has 8 heteroatoms. The highest BCUT2D eigenvalue weighted by molar-refractivity contribution is 7.93. The topological polar surface area (TPSA) is 85.1 Å². The normalized spacial score (nSPS) is 11.4. The molecule has 90 valence electrons. The van der Waals surface area contributed by atoms with E-state index in [1.165, 1.54) is 12.3 Å². The Hall–Kier alpha value is -1.67. The quantitative estimate of drug-likeness (QED) is 0.833. The van der Waals surface area contributed by atoms with Crippen LogP contribution in [-0.4, -0.2) is 13.4 Å². The number of hydrogen-bond donors (Lipinski definition) is 2. The van der Waals surface area contributed by atoms with Crippen LogP contribution in [0.15, 0.2) is 34.7 Å². The van der Waals surface area contributed by atoms with E-state index in [1.54, 1.807) is 5.38 Å². The summed E-state index contributed by atoms with van der Waals surface area (Å²) < 4.78 is 39.2. The van der Waals surface area contributed by atoms with E-state index in [2.05, 4.69) is 9.71 Å². The summed E-state index contributed by atoms with van der Waals surface area (Å²) >= 11 is 1.10. The van der Waals surface area contributed by atoms with Gasteiger partial charge < -0.3 is 5.73 Å². The molecule has 0 fully saturated rings. The van der Waals surface area contributed by atoms with Crippen LogP contribution in [0.1, 0.15) is 0 Å². The number of hydrogen-bond acceptors (Lipinski definition) is 5. The molecule has 0 saturated carbocycles. The van der Waals surface area contributed by atoms with Gasteiger partial charge in [-0.15, -0.1) is 11.3 Å². The number of nitrogens with one attached hydrogen (secondary N) is 1. The van der Waals surface area contributed by atoms with Crippen molar-refractivity contribution in [1.29, 1.82) is 0 Å². The van der Waals surface area contributed by atoms with Crippen LogP contribution >= 0.6 is 11.3 Å². The Labute approximate surface area is 101 Å². The molecule has 0 aliphatic carbocycles. The zero-order chi connectivity index (χ0) is 12.5. The number of nitrogens with two attached hydrogens (primary N) is 1. The molecular weight excluding hydrogens is 265 g/mol. The summed E-state index contributed by atoms with van der Waals surface area (Å²) in [5, 5.41) is 1.79. The van der Waals surface area contributed by atoms with Crippen LogP contribution in [0.25, 0.3) is 0 Å². The van der Waals surface area contributed by atoms with Gasteiger partial charge in [-0.25, -0.2) is 17.8 Å². The predicted octanol–water partition coefficient (Wildman–Crippen LogP) is 1.67. The van der Waals surface area contributed by atoms with Gasteiger partial charge in [-0.1, -0.05) is 0 Å². The van der Waals surface area contributed by atoms with Crippen molar-refractivity contribution in [2.24, 2.45) is 0 Å². The molecular formula is C9H8FN3O2S2. The lowest BCUT2D eigenvalue weighted by molar-refractivity contribution is 0.571. The Morgan fingerprint density at radius 2 is 2.18 bits per heavy atom. The van der Waals surface area contributed by atoms with Gasteiger partial charge in [0.25, 0.3) is 10.0 Å². The van der Waals surface area contributed by atoms with Gasteiger partial charge in [0.15, 0.2) is 5.13 Å². The monoisotopic (exact) mass is 273 g/mol. The third-order valence-corrected chi connectivity index (χ3v) is 4.09. The largest absolute Gasteiger partial charge is 0.399 e. The first-order valence-corrected chi connectivity index (χ1v) is 6.83. The number of thiazole rings is 1. The summed E-state index contributed by atoms with van der Waals surface area (Å²) in [4.78, 5) is 3.30. The molecule has 1 heterocycles. The van der Waals surface area contributed by atoms with Crippen LogP contribution in [-0.2, 0) is 10.0 Å². The van der Waals surface area contributed by atoms with E-state index in [1.807, 2.05) is 0 Å². The fraction of sp³-hybridized carbons (Fsp3) is 0. The number of sulfonamides is 1. The van der Waals surface area contributed by atoms with Gasteiger partial charge in [0, 0.05) is 17.3 Å². The Morgan fingerprint density at radius 1 is 1.41 bits per heavy atom. The smallest absolute Gasteiger partial charge is 0.266 e. The van der Waals surface area contributed by atoms with Crippen LogP contribution in [0.5, 0.6) is 0 Å². The van der Waals surface area contributed by atoms with Crippen LogP contribution in [0.3, 0.4) is 0 Å². The molecule has 0 unspecified atom stereocenters. The molecule has 0 atom stereocenters. The Balaban J connectivity index is 2.38. The molecule has 0 aliphatic heterocycles. The molecule has 17 heavy (non-hydrogen) atoms. The van der Waals surface area contributed by atoms with E-state index >= 15 is 0 Å². The average Bonchev–Trinajstić information content (AvgIpc) is 2.68. The second kappa shape index (κ2) is 4.30. The van der Waals surface area contributed by atoms with Crippen molar-refractivity contribution in [1.82, 2.24) is 4.98 Å². The molecule has 5 nitrogen and oxygen atoms in total. The number of anilines is 2. The van der Waals surface area contributed by atoms with E-state index in [0.29, 0.717) is 0 Å². The molecule has 0 saturated heterocycles. The number of rotatable bonds is 3. The van der Waals surface area contributed by atoms with Gasteiger partial charge in [-0.05, 0) is 18.2 Å². The van der Waals surface area contributed by atoms with E-state index in [4.69, 9.17) is 5.73 Å². The molecule has 2 aromatic rings. The average molecular weight is 273 g/mol. The summed E-state index contributed by atoms with van der Waals surface area (Å²) in [7, 11) is -3.96. The zero-order valence-corrected chi connectivity index (χ0v) is 10.1. The molecule has 0 radical (unpaired) electrons. The summed E-state index contributed by atoms with van der Waals surface area (Å²) in [6, 6.07) is 3.39. The maximum Gasteiger partial charge on any atom is 0.266 e. The maximum atomic E-state index is 13.5. The number of aromatic nitrogens is 1. The Bertz CT molecular complexity index is 626. The number of halogens is 1. The van der Waals surface area contributed by atoms with Crippen molar-refractivity contribution in [3.8, 4) is 0 Å². The second-order valence-electron chi connectivity index (χ2n) is 3.13. The van der Waals surface area contributed by atoms with E-state index in [-0.39, 0.29) is 10.8 Å². The highest BCUT2D eigenvalue weighted by Gasteiger charge is 2.19. The van der Waals surface area contributed by atoms with Crippen LogP contribution in [0.4, 0.5) is 15.2 Å². The van der Waals surface area contributed by atoms with Gasteiger partial charge >= 0.3 is 0 Å². The van der Waals surface area contributed by atoms with Gasteiger partial charge in [0.2, 0.25) is 0 Å². The van der Waals surface area contributed by atoms with Crippen molar-refractivity contribution < 1.29 is 12.8 Å². The minimum absolute atomic E-state index is 0.163. The highest BCUT2D eigenvalue weighted by atomic mass is 32.2. The van der Waals surface area contributed by atoms with Crippen molar-refractivity contribution in [3.05, 3.63) is 35.6 Å². The maximum absolute atomic E-state index is 13.5. The Kier molecular flexibility index (Phi) is 2.99. The lowest BCUT2D eigenvalue weighted by Gasteiger charge is -2.06. The summed E-state index contributed by atoms with van der Waals surface area (Å²) in [5.41, 5.74) is 5.50. The van der Waals surface area contributed by atoms with Gasteiger partial charge in [-0.3, -0.25) is 4.72 Å². The molecule has 2 rings (SSSR count). The van der Waals surface area contributed by atoms with Crippen LogP contribution < -0.4 is 10.5 Å². The minimum Gasteiger partial charge on any atom is -0.399 e. The fourth-order valence-electron chi connectivity index (χ4n) is 1.18. The summed E-state index contributed by atoms with van der Waals surface area (Å²) in [6.45, 7) is 0. The summed E-state index contributed by atoms with van der Waals surface area (Å²) in [6.07, 6.45) is 1.45. The molecule has 0 aliphatic rings. The van der Waals surface area contributed by atoms with Crippen molar-refractivity contribution in [2.45, 2.75) is 4.90 Å². The van der Waals surface area contributed by atoms with E-state index < -0.39 is 20.7 Å². The Morgan fingerprint density at radius 3 is 2.76 bits per heavy atom. The van der Waals surface area contributed by atoms with E-state index in [9.17, 15) is 12.8 Å². The van der Waals surface area contributed by atoms with Gasteiger partial charge in [-0.2, -0.15) is 0 Å².